The van der Waals surface area contributed by atoms with Crippen molar-refractivity contribution in [1.29, 1.82) is 0 Å². The molecule has 102 valence electrons. The summed E-state index contributed by atoms with van der Waals surface area (Å²) in [6, 6.07) is 7.84. The molecule has 0 aliphatic rings. The van der Waals surface area contributed by atoms with Crippen LogP contribution in [0.5, 0.6) is 5.75 Å². The van der Waals surface area contributed by atoms with Crippen LogP contribution in [0.25, 0.3) is 0 Å². The van der Waals surface area contributed by atoms with Gasteiger partial charge in [0.15, 0.2) is 0 Å². The number of methoxy groups -OCH3 is 2. The number of ether oxygens (including phenoxy) is 2. The molecule has 0 fully saturated rings. The number of nitrogens with two attached hydrogens (primary N) is 1. The summed E-state index contributed by atoms with van der Waals surface area (Å²) in [5.41, 5.74) is 6.67. The van der Waals surface area contributed by atoms with Gasteiger partial charge in [-0.15, -0.1) is 0 Å². The molecule has 0 saturated heterocycles. The van der Waals surface area contributed by atoms with Crippen LogP contribution in [0.1, 0.15) is 13.8 Å². The minimum Gasteiger partial charge on any atom is -0.497 e. The van der Waals surface area contributed by atoms with Crippen molar-refractivity contribution in [3.8, 4) is 5.75 Å². The highest BCUT2D eigenvalue weighted by Crippen LogP contribution is 2.25. The van der Waals surface area contributed by atoms with Crippen LogP contribution in [-0.4, -0.2) is 32.9 Å². The molecule has 1 atom stereocenters. The maximum absolute atomic E-state index is 5.94. The van der Waals surface area contributed by atoms with Gasteiger partial charge in [0, 0.05) is 25.4 Å². The summed E-state index contributed by atoms with van der Waals surface area (Å²) in [5.74, 6) is 1.18. The largest absolute Gasteiger partial charge is 0.497 e. The Morgan fingerprint density at radius 3 is 2.56 bits per heavy atom. The second-order valence-corrected chi connectivity index (χ2v) is 4.80. The van der Waals surface area contributed by atoms with Gasteiger partial charge in [-0.2, -0.15) is 0 Å². The number of hydrogen-bond donors (Lipinski definition) is 2. The van der Waals surface area contributed by atoms with E-state index in [9.17, 15) is 0 Å². The van der Waals surface area contributed by atoms with Crippen molar-refractivity contribution in [3.63, 3.8) is 0 Å². The molecule has 0 aliphatic carbocycles. The van der Waals surface area contributed by atoms with Crippen LogP contribution in [0, 0.1) is 5.92 Å². The lowest BCUT2D eigenvalue weighted by molar-refractivity contribution is 0.121. The lowest BCUT2D eigenvalue weighted by Crippen LogP contribution is -2.53. The van der Waals surface area contributed by atoms with Gasteiger partial charge in [0.2, 0.25) is 0 Å². The number of benzene rings is 1. The first kappa shape index (κ1) is 14.8. The molecular weight excluding hydrogens is 228 g/mol. The highest BCUT2D eigenvalue weighted by Gasteiger charge is 2.32. The van der Waals surface area contributed by atoms with E-state index in [4.69, 9.17) is 15.2 Å². The van der Waals surface area contributed by atoms with E-state index < -0.39 is 0 Å². The molecule has 1 aromatic carbocycles. The summed E-state index contributed by atoms with van der Waals surface area (Å²) in [6.07, 6.45) is 0. The van der Waals surface area contributed by atoms with Crippen molar-refractivity contribution in [2.24, 2.45) is 11.7 Å². The van der Waals surface area contributed by atoms with Crippen LogP contribution < -0.4 is 15.8 Å². The third-order valence-corrected chi connectivity index (χ3v) is 3.33. The van der Waals surface area contributed by atoms with Crippen LogP contribution in [-0.2, 0) is 4.74 Å². The lowest BCUT2D eigenvalue weighted by atomic mass is 9.86. The van der Waals surface area contributed by atoms with E-state index in [1.54, 1.807) is 14.2 Å². The molecular formula is C14H24N2O2. The molecule has 3 N–H and O–H groups in total. The van der Waals surface area contributed by atoms with Crippen molar-refractivity contribution in [2.75, 3.05) is 32.7 Å². The predicted molar refractivity (Wildman–Crippen MR) is 75.1 cm³/mol. The van der Waals surface area contributed by atoms with E-state index in [1.165, 1.54) is 0 Å². The molecule has 1 aromatic rings. The molecule has 0 aromatic heterocycles. The molecule has 4 heteroatoms. The van der Waals surface area contributed by atoms with Gasteiger partial charge in [0.25, 0.3) is 0 Å². The molecule has 4 nitrogen and oxygen atoms in total. The van der Waals surface area contributed by atoms with Crippen molar-refractivity contribution in [2.45, 2.75) is 19.4 Å². The molecule has 0 heterocycles. The Morgan fingerprint density at radius 2 is 2.06 bits per heavy atom. The first-order valence-corrected chi connectivity index (χ1v) is 6.19. The lowest BCUT2D eigenvalue weighted by Gasteiger charge is -2.37. The van der Waals surface area contributed by atoms with Crippen molar-refractivity contribution in [3.05, 3.63) is 24.3 Å². The second-order valence-electron chi connectivity index (χ2n) is 4.80. The molecule has 1 rings (SSSR count). The third kappa shape index (κ3) is 3.37. The van der Waals surface area contributed by atoms with Gasteiger partial charge in [0.1, 0.15) is 5.75 Å². The van der Waals surface area contributed by atoms with Crippen LogP contribution in [0.2, 0.25) is 0 Å². The Bertz CT molecular complexity index is 369. The minimum atomic E-state index is -0.263. The van der Waals surface area contributed by atoms with E-state index in [-0.39, 0.29) is 5.54 Å². The number of anilines is 1. The van der Waals surface area contributed by atoms with Gasteiger partial charge >= 0.3 is 0 Å². The van der Waals surface area contributed by atoms with Crippen LogP contribution in [0.3, 0.4) is 0 Å². The molecule has 0 bridgehead atoms. The standard InChI is InChI=1S/C14H24N2O2/c1-11(2)14(9-15,10-17-3)16-12-6-5-7-13(8-12)18-4/h5-8,11,16H,9-10,15H2,1-4H3. The Balaban J connectivity index is 2.94. The molecule has 0 saturated carbocycles. The van der Waals surface area contributed by atoms with E-state index in [2.05, 4.69) is 19.2 Å². The average molecular weight is 252 g/mol. The smallest absolute Gasteiger partial charge is 0.120 e. The van der Waals surface area contributed by atoms with Gasteiger partial charge in [-0.05, 0) is 18.1 Å². The van der Waals surface area contributed by atoms with Crippen LogP contribution in [0.4, 0.5) is 5.69 Å². The number of nitrogens with one attached hydrogen (secondary N) is 1. The monoisotopic (exact) mass is 252 g/mol. The van der Waals surface area contributed by atoms with Crippen molar-refractivity contribution >= 4 is 5.69 Å². The van der Waals surface area contributed by atoms with Crippen LogP contribution >= 0.6 is 0 Å². The second kappa shape index (κ2) is 6.61. The number of rotatable bonds is 7. The van der Waals surface area contributed by atoms with E-state index >= 15 is 0 Å². The molecule has 0 spiro atoms. The van der Waals surface area contributed by atoms with E-state index in [0.717, 1.165) is 11.4 Å². The van der Waals surface area contributed by atoms with E-state index in [1.807, 2.05) is 24.3 Å². The molecule has 0 amide bonds. The summed E-state index contributed by atoms with van der Waals surface area (Å²) < 4.78 is 10.5. The van der Waals surface area contributed by atoms with Gasteiger partial charge in [0.05, 0.1) is 19.3 Å². The van der Waals surface area contributed by atoms with Crippen LogP contribution in [0.15, 0.2) is 24.3 Å². The van der Waals surface area contributed by atoms with Gasteiger partial charge in [-0.25, -0.2) is 0 Å². The molecule has 0 aliphatic heterocycles. The quantitative estimate of drug-likeness (QED) is 0.780. The minimum absolute atomic E-state index is 0.263. The van der Waals surface area contributed by atoms with Gasteiger partial charge in [-0.3, -0.25) is 0 Å². The average Bonchev–Trinajstić information content (AvgIpc) is 2.38. The molecule has 18 heavy (non-hydrogen) atoms. The van der Waals surface area contributed by atoms with Crippen molar-refractivity contribution in [1.82, 2.24) is 0 Å². The zero-order valence-electron chi connectivity index (χ0n) is 11.7. The zero-order chi connectivity index (χ0) is 13.6. The first-order valence-electron chi connectivity index (χ1n) is 6.19. The normalized spacial score (nSPS) is 14.3. The number of hydrogen-bond acceptors (Lipinski definition) is 4. The summed E-state index contributed by atoms with van der Waals surface area (Å²) in [5, 5.41) is 3.49. The molecule has 1 unspecified atom stereocenters. The summed E-state index contributed by atoms with van der Waals surface area (Å²) in [7, 11) is 3.35. The Hall–Kier alpha value is -1.26. The first-order chi connectivity index (χ1) is 8.57. The summed E-state index contributed by atoms with van der Waals surface area (Å²) >= 11 is 0. The summed E-state index contributed by atoms with van der Waals surface area (Å²) in [6.45, 7) is 5.35. The van der Waals surface area contributed by atoms with Gasteiger partial charge < -0.3 is 20.5 Å². The fourth-order valence-corrected chi connectivity index (χ4v) is 1.94. The fraction of sp³-hybridized carbons (Fsp3) is 0.571. The molecule has 0 radical (unpaired) electrons. The van der Waals surface area contributed by atoms with Gasteiger partial charge in [-0.1, -0.05) is 19.9 Å². The third-order valence-electron chi connectivity index (χ3n) is 3.33. The van der Waals surface area contributed by atoms with E-state index in [0.29, 0.717) is 19.1 Å². The SMILES string of the molecule is COCC(CN)(Nc1cccc(OC)c1)C(C)C. The Kier molecular flexibility index (Phi) is 5.44. The maximum Gasteiger partial charge on any atom is 0.120 e. The topological polar surface area (TPSA) is 56.5 Å². The zero-order valence-corrected chi connectivity index (χ0v) is 11.7. The maximum atomic E-state index is 5.94. The Morgan fingerprint density at radius 1 is 1.33 bits per heavy atom. The van der Waals surface area contributed by atoms with Crippen molar-refractivity contribution < 1.29 is 9.47 Å². The Labute approximate surface area is 109 Å². The fourth-order valence-electron chi connectivity index (χ4n) is 1.94. The predicted octanol–water partition coefficient (Wildman–Crippen LogP) is 2.11. The highest BCUT2D eigenvalue weighted by atomic mass is 16.5. The highest BCUT2D eigenvalue weighted by molar-refractivity contribution is 5.50. The summed E-state index contributed by atoms with van der Waals surface area (Å²) in [4.78, 5) is 0.